The van der Waals surface area contributed by atoms with E-state index in [1.165, 1.54) is 12.1 Å². The van der Waals surface area contributed by atoms with Crippen LogP contribution in [0, 0.1) is 11.3 Å². The van der Waals surface area contributed by atoms with Crippen LogP contribution in [0.15, 0.2) is 48.7 Å². The molecule has 174 valence electrons. The minimum absolute atomic E-state index is 0.0417. The minimum Gasteiger partial charge on any atom is -0.494 e. The Morgan fingerprint density at radius 1 is 1.21 bits per heavy atom. The molecule has 0 radical (unpaired) electrons. The molecule has 0 saturated heterocycles. The fourth-order valence-electron chi connectivity index (χ4n) is 2.79. The number of carbonyl (C=O) groups is 2. The molecule has 0 saturated carbocycles. The largest absolute Gasteiger partial charge is 0.494 e. The van der Waals surface area contributed by atoms with Crippen LogP contribution in [0.25, 0.3) is 16.6 Å². The molecule has 0 fully saturated rings. The summed E-state index contributed by atoms with van der Waals surface area (Å²) in [6, 6.07) is 14.1. The molecule has 8 nitrogen and oxygen atoms in total. The van der Waals surface area contributed by atoms with Crippen molar-refractivity contribution in [3.63, 3.8) is 0 Å². The van der Waals surface area contributed by atoms with E-state index in [0.717, 1.165) is 16.6 Å². The fraction of sp³-hybridized carbons (Fsp3) is 0.320. The van der Waals surface area contributed by atoms with Crippen LogP contribution in [0.5, 0.6) is 5.75 Å². The number of rotatable bonds is 8. The third-order valence-corrected chi connectivity index (χ3v) is 4.72. The zero-order valence-electron chi connectivity index (χ0n) is 19.3. The van der Waals surface area contributed by atoms with Gasteiger partial charge >= 0.3 is 5.97 Å². The van der Waals surface area contributed by atoms with Crippen LogP contribution >= 0.6 is 0 Å². The number of aromatic nitrogens is 1. The lowest BCUT2D eigenvalue weighted by Gasteiger charge is -2.14. The highest BCUT2D eigenvalue weighted by Gasteiger charge is 2.12. The second-order valence-electron chi connectivity index (χ2n) is 8.15. The molecular weight excluding hydrogens is 422 g/mol. The van der Waals surface area contributed by atoms with Gasteiger partial charge in [-0.15, -0.1) is 0 Å². The number of ether oxygens (including phenoxy) is 2. The summed E-state index contributed by atoms with van der Waals surface area (Å²) >= 11 is 0. The van der Waals surface area contributed by atoms with Crippen LogP contribution in [-0.2, 0) is 9.53 Å². The molecular formula is C25H29N3O5. The highest BCUT2D eigenvalue weighted by atomic mass is 16.5. The summed E-state index contributed by atoms with van der Waals surface area (Å²) in [5, 5.41) is 21.8. The molecule has 0 aliphatic rings. The smallest absolute Gasteiger partial charge is 0.335 e. The summed E-state index contributed by atoms with van der Waals surface area (Å²) in [4.78, 5) is 21.2. The Bertz CT molecular complexity index is 1120. The number of methoxy groups -OCH3 is 1. The van der Waals surface area contributed by atoms with Gasteiger partial charge in [-0.1, -0.05) is 0 Å². The van der Waals surface area contributed by atoms with E-state index in [1.54, 1.807) is 25.4 Å². The molecule has 0 aliphatic heterocycles. The van der Waals surface area contributed by atoms with E-state index in [2.05, 4.69) is 11.4 Å². The molecule has 0 aliphatic carbocycles. The maximum absolute atomic E-state index is 11.0. The van der Waals surface area contributed by atoms with Crippen molar-refractivity contribution in [3.05, 3.63) is 59.8 Å². The van der Waals surface area contributed by atoms with E-state index in [4.69, 9.17) is 14.6 Å². The summed E-state index contributed by atoms with van der Waals surface area (Å²) in [5.41, 5.74) is 2.33. The normalized spacial score (nSPS) is 10.6. The number of nitriles is 1. The second-order valence-corrected chi connectivity index (χ2v) is 8.15. The third kappa shape index (κ3) is 7.37. The van der Waals surface area contributed by atoms with E-state index in [1.807, 2.05) is 43.5 Å². The molecule has 0 unspecified atom stereocenters. The topological polar surface area (TPSA) is 114 Å². The van der Waals surface area contributed by atoms with Crippen molar-refractivity contribution in [2.75, 3.05) is 20.3 Å². The first-order valence-electron chi connectivity index (χ1n) is 10.4. The Kier molecular flexibility index (Phi) is 9.01. The van der Waals surface area contributed by atoms with E-state index >= 15 is 0 Å². The molecule has 1 heterocycles. The highest BCUT2D eigenvalue weighted by molar-refractivity contribution is 5.90. The van der Waals surface area contributed by atoms with Gasteiger partial charge in [-0.2, -0.15) is 5.26 Å². The van der Waals surface area contributed by atoms with Gasteiger partial charge in [-0.25, -0.2) is 4.79 Å². The number of benzene rings is 2. The van der Waals surface area contributed by atoms with Crippen molar-refractivity contribution >= 4 is 23.3 Å². The van der Waals surface area contributed by atoms with Gasteiger partial charge < -0.3 is 24.5 Å². The van der Waals surface area contributed by atoms with Crippen LogP contribution in [-0.4, -0.2) is 47.9 Å². The number of hydrogen-bond donors (Lipinski definition) is 2. The summed E-state index contributed by atoms with van der Waals surface area (Å²) in [6.45, 7) is 7.05. The monoisotopic (exact) mass is 451 g/mol. The standard InChI is InChI=1S/C20H17N3O4.C5H12O/c21-11-15-12-23(16-4-2-14(3-5-16)20(25)26)19-7-6-17(10-18(15)19)27-9-1-8-22-13-24;1-5(2,3)6-4/h2-7,10,12-13H,1,8-9H2,(H,22,24)(H,25,26);1-4H3. The molecule has 33 heavy (non-hydrogen) atoms. The quantitative estimate of drug-likeness (QED) is 0.393. The Morgan fingerprint density at radius 2 is 1.88 bits per heavy atom. The van der Waals surface area contributed by atoms with Gasteiger partial charge in [0, 0.05) is 30.9 Å². The van der Waals surface area contributed by atoms with E-state index in [9.17, 15) is 14.9 Å². The predicted molar refractivity (Wildman–Crippen MR) is 126 cm³/mol. The zero-order valence-corrected chi connectivity index (χ0v) is 19.3. The Labute approximate surface area is 193 Å². The number of nitrogens with zero attached hydrogens (tertiary/aromatic N) is 2. The Hall–Kier alpha value is -3.83. The van der Waals surface area contributed by atoms with Crippen LogP contribution in [0.3, 0.4) is 0 Å². The first kappa shape index (κ1) is 25.4. The summed E-state index contributed by atoms with van der Waals surface area (Å²) in [7, 11) is 1.71. The molecule has 2 N–H and O–H groups in total. The van der Waals surface area contributed by atoms with Crippen molar-refractivity contribution in [2.45, 2.75) is 32.8 Å². The van der Waals surface area contributed by atoms with Crippen molar-refractivity contribution in [2.24, 2.45) is 0 Å². The van der Waals surface area contributed by atoms with Crippen molar-refractivity contribution < 1.29 is 24.2 Å². The van der Waals surface area contributed by atoms with Gasteiger partial charge in [-0.05, 0) is 69.7 Å². The maximum Gasteiger partial charge on any atom is 0.335 e. The van der Waals surface area contributed by atoms with Crippen molar-refractivity contribution in [1.82, 2.24) is 9.88 Å². The number of carboxylic acids is 1. The second kappa shape index (κ2) is 11.7. The lowest BCUT2D eigenvalue weighted by Crippen LogP contribution is -2.15. The molecule has 1 aromatic heterocycles. The van der Waals surface area contributed by atoms with Crippen LogP contribution in [0.1, 0.15) is 43.1 Å². The minimum atomic E-state index is -0.984. The Balaban J connectivity index is 0.000000569. The van der Waals surface area contributed by atoms with Gasteiger partial charge in [0.05, 0.1) is 28.9 Å². The SMILES string of the molecule is COC(C)(C)C.N#Cc1cn(-c2ccc(C(=O)O)cc2)c2ccc(OCCCNC=O)cc12. The van der Waals surface area contributed by atoms with Crippen molar-refractivity contribution in [3.8, 4) is 17.5 Å². The van der Waals surface area contributed by atoms with Gasteiger partial charge in [-0.3, -0.25) is 4.79 Å². The lowest BCUT2D eigenvalue weighted by atomic mass is 10.2. The summed E-state index contributed by atoms with van der Waals surface area (Å²) in [6.07, 6.45) is 3.05. The molecule has 3 aromatic rings. The molecule has 3 rings (SSSR count). The average Bonchev–Trinajstić information content (AvgIpc) is 3.17. The number of fused-ring (bicyclic) bond motifs is 1. The van der Waals surface area contributed by atoms with Crippen LogP contribution in [0.2, 0.25) is 0 Å². The molecule has 8 heteroatoms. The lowest BCUT2D eigenvalue weighted by molar-refractivity contribution is -0.109. The summed E-state index contributed by atoms with van der Waals surface area (Å²) in [5.74, 6) is -0.342. The van der Waals surface area contributed by atoms with Gasteiger partial charge in [0.25, 0.3) is 0 Å². The highest BCUT2D eigenvalue weighted by Crippen LogP contribution is 2.28. The third-order valence-electron chi connectivity index (χ3n) is 4.72. The van der Waals surface area contributed by atoms with Gasteiger partial charge in [0.15, 0.2) is 0 Å². The predicted octanol–water partition coefficient (Wildman–Crippen LogP) is 4.15. The maximum atomic E-state index is 11.0. The fourth-order valence-corrected chi connectivity index (χ4v) is 2.79. The number of hydrogen-bond acceptors (Lipinski definition) is 5. The number of amides is 1. The van der Waals surface area contributed by atoms with E-state index < -0.39 is 5.97 Å². The molecule has 0 spiro atoms. The molecule has 0 atom stereocenters. The van der Waals surface area contributed by atoms with E-state index in [0.29, 0.717) is 37.3 Å². The number of carbonyl (C=O) groups excluding carboxylic acids is 1. The molecule has 0 bridgehead atoms. The van der Waals surface area contributed by atoms with Gasteiger partial charge in [0.1, 0.15) is 11.8 Å². The Morgan fingerprint density at radius 3 is 2.42 bits per heavy atom. The summed E-state index contributed by atoms with van der Waals surface area (Å²) < 4.78 is 12.5. The van der Waals surface area contributed by atoms with E-state index in [-0.39, 0.29) is 11.2 Å². The first-order chi connectivity index (χ1) is 15.7. The van der Waals surface area contributed by atoms with Crippen LogP contribution < -0.4 is 10.1 Å². The van der Waals surface area contributed by atoms with Crippen LogP contribution in [0.4, 0.5) is 0 Å². The number of nitrogens with one attached hydrogen (secondary N) is 1. The molecule has 2 aromatic carbocycles. The number of carboxylic acid groups (broad SMARTS) is 1. The molecule has 1 amide bonds. The first-order valence-corrected chi connectivity index (χ1v) is 10.4. The van der Waals surface area contributed by atoms with Gasteiger partial charge in [0.2, 0.25) is 6.41 Å². The van der Waals surface area contributed by atoms with Crippen molar-refractivity contribution in [1.29, 1.82) is 5.26 Å². The number of aromatic carboxylic acids is 1. The average molecular weight is 452 g/mol. The zero-order chi connectivity index (χ0) is 24.4.